The van der Waals surface area contributed by atoms with Gasteiger partial charge in [-0.05, 0) is 108 Å². The van der Waals surface area contributed by atoms with Crippen molar-refractivity contribution in [2.75, 3.05) is 0 Å². The van der Waals surface area contributed by atoms with Crippen LogP contribution < -0.4 is 0 Å². The monoisotopic (exact) mass is 596 g/mol. The molecule has 0 N–H and O–H groups in total. The van der Waals surface area contributed by atoms with Gasteiger partial charge in [-0.15, -0.1) is 0 Å². The third kappa shape index (κ3) is 3.40. The molecule has 0 fully saturated rings. The maximum Gasteiger partial charge on any atom is 0.0636 e. The molecule has 0 bridgehead atoms. The highest BCUT2D eigenvalue weighted by molar-refractivity contribution is 6.20. The molecule has 9 aromatic rings. The lowest BCUT2D eigenvalue weighted by molar-refractivity contribution is 0.661. The normalized spacial score (nSPS) is 17.0. The van der Waals surface area contributed by atoms with Crippen LogP contribution in [0.4, 0.5) is 0 Å². The fourth-order valence-corrected chi connectivity index (χ4v) is 7.56. The zero-order chi connectivity index (χ0) is 40.1. The molecule has 0 amide bonds. The predicted molar refractivity (Wildman–Crippen MR) is 196 cm³/mol. The van der Waals surface area contributed by atoms with Crippen LogP contribution in [0.25, 0.3) is 82.1 Å². The number of fused-ring (bicyclic) bond motifs is 10. The van der Waals surface area contributed by atoms with Gasteiger partial charge in [0.15, 0.2) is 0 Å². The Bertz CT molecular complexity index is 3330. The molecule has 1 heteroatoms. The highest BCUT2D eigenvalue weighted by Crippen LogP contribution is 2.52. The summed E-state index contributed by atoms with van der Waals surface area (Å²) in [7, 11) is 0. The standard InChI is InChI=1S/C45H31N/c1-45(2)40-25-30(44-33-17-9-7-13-29(33)24-37-32-16-8-6-12-28(32)20-23-36(37)44)21-22-34(40)38-26-39-35-18-10-11-19-42(35)46(43(39)27-41(38)45)31-14-4-3-5-15-31/h3-27H,1-2H3/i6D,7D,8D,9D,12D,13D,16D,17D,20D,23D,24D. The second-order valence-corrected chi connectivity index (χ2v) is 12.5. The average molecular weight is 597 g/mol. The summed E-state index contributed by atoms with van der Waals surface area (Å²) in [4.78, 5) is 0. The number of benzene rings is 8. The molecule has 0 atom stereocenters. The van der Waals surface area contributed by atoms with Gasteiger partial charge in [-0.3, -0.25) is 0 Å². The smallest absolute Gasteiger partial charge is 0.0636 e. The quantitative estimate of drug-likeness (QED) is 0.138. The van der Waals surface area contributed by atoms with Gasteiger partial charge < -0.3 is 4.57 Å². The lowest BCUT2D eigenvalue weighted by Crippen LogP contribution is -2.15. The van der Waals surface area contributed by atoms with Crippen LogP contribution in [0.5, 0.6) is 0 Å². The number of nitrogens with zero attached hydrogens (tertiary/aromatic N) is 1. The zero-order valence-corrected chi connectivity index (χ0v) is 25.0. The molecule has 0 saturated carbocycles. The van der Waals surface area contributed by atoms with Gasteiger partial charge in [-0.25, -0.2) is 0 Å². The average Bonchev–Trinajstić information content (AvgIpc) is 3.65. The van der Waals surface area contributed by atoms with Crippen molar-refractivity contribution in [3.8, 4) is 27.9 Å². The summed E-state index contributed by atoms with van der Waals surface area (Å²) in [5, 5.41) is 1.68. The van der Waals surface area contributed by atoms with Crippen molar-refractivity contribution < 1.29 is 15.1 Å². The first-order valence-corrected chi connectivity index (χ1v) is 15.3. The van der Waals surface area contributed by atoms with E-state index >= 15 is 0 Å². The molecule has 216 valence electrons. The Balaban J connectivity index is 1.33. The van der Waals surface area contributed by atoms with Crippen LogP contribution in [0.15, 0.2) is 151 Å². The molecule has 46 heavy (non-hydrogen) atoms. The molecule has 1 aliphatic rings. The van der Waals surface area contributed by atoms with Gasteiger partial charge in [0.05, 0.1) is 26.1 Å². The van der Waals surface area contributed by atoms with Crippen molar-refractivity contribution in [3.63, 3.8) is 0 Å². The molecule has 0 aliphatic heterocycles. The van der Waals surface area contributed by atoms with Crippen LogP contribution in [0.3, 0.4) is 0 Å². The minimum Gasteiger partial charge on any atom is -0.309 e. The van der Waals surface area contributed by atoms with Gasteiger partial charge in [0, 0.05) is 21.9 Å². The van der Waals surface area contributed by atoms with Crippen molar-refractivity contribution in [1.82, 2.24) is 4.57 Å². The van der Waals surface area contributed by atoms with Crippen molar-refractivity contribution >= 4 is 54.1 Å². The Morgan fingerprint density at radius 3 is 2.13 bits per heavy atom. The number of hydrogen-bond acceptors (Lipinski definition) is 0. The zero-order valence-electron chi connectivity index (χ0n) is 36.0. The summed E-state index contributed by atoms with van der Waals surface area (Å²) >= 11 is 0. The second kappa shape index (κ2) is 9.19. The van der Waals surface area contributed by atoms with Crippen LogP contribution in [0.2, 0.25) is 0 Å². The van der Waals surface area contributed by atoms with E-state index in [1.165, 1.54) is 0 Å². The van der Waals surface area contributed by atoms with Crippen LogP contribution in [0, 0.1) is 0 Å². The van der Waals surface area contributed by atoms with E-state index in [4.69, 9.17) is 12.3 Å². The molecule has 8 aromatic carbocycles. The van der Waals surface area contributed by atoms with Crippen molar-refractivity contribution in [1.29, 1.82) is 0 Å². The lowest BCUT2D eigenvalue weighted by Gasteiger charge is -2.23. The van der Waals surface area contributed by atoms with E-state index in [1.807, 2.05) is 48.5 Å². The van der Waals surface area contributed by atoms with E-state index in [2.05, 4.69) is 54.8 Å². The first-order chi connectivity index (χ1) is 27.2. The molecule has 0 unspecified atom stereocenters. The van der Waals surface area contributed by atoms with Crippen LogP contribution in [-0.2, 0) is 5.41 Å². The largest absolute Gasteiger partial charge is 0.309 e. The lowest BCUT2D eigenvalue weighted by atomic mass is 9.80. The summed E-state index contributed by atoms with van der Waals surface area (Å²) in [6, 6.07) is 23.5. The highest BCUT2D eigenvalue weighted by atomic mass is 15.0. The van der Waals surface area contributed by atoms with E-state index in [1.54, 1.807) is 0 Å². The van der Waals surface area contributed by atoms with Crippen molar-refractivity contribution in [2.24, 2.45) is 0 Å². The molecular weight excluding hydrogens is 555 g/mol. The fourth-order valence-electron chi connectivity index (χ4n) is 7.56. The first-order valence-electron chi connectivity index (χ1n) is 20.8. The Morgan fingerprint density at radius 1 is 0.522 bits per heavy atom. The first kappa shape index (κ1) is 17.1. The van der Waals surface area contributed by atoms with Gasteiger partial charge >= 0.3 is 0 Å². The molecule has 1 aromatic heterocycles. The minimum absolute atomic E-state index is 0.00828. The Hall–Kier alpha value is -5.66. The van der Waals surface area contributed by atoms with Gasteiger partial charge in [0.25, 0.3) is 0 Å². The van der Waals surface area contributed by atoms with Gasteiger partial charge in [-0.1, -0.05) is 123 Å². The summed E-state index contributed by atoms with van der Waals surface area (Å²) in [6.45, 7) is 4.28. The van der Waals surface area contributed by atoms with Gasteiger partial charge in [0.1, 0.15) is 0 Å². The van der Waals surface area contributed by atoms with Crippen LogP contribution >= 0.6 is 0 Å². The molecule has 0 radical (unpaired) electrons. The summed E-state index contributed by atoms with van der Waals surface area (Å²) in [5.41, 5.74) is 7.39. The predicted octanol–water partition coefficient (Wildman–Crippen LogP) is 12.2. The van der Waals surface area contributed by atoms with Crippen LogP contribution in [-0.4, -0.2) is 4.57 Å². The van der Waals surface area contributed by atoms with E-state index in [-0.39, 0.29) is 37.9 Å². The third-order valence-corrected chi connectivity index (χ3v) is 9.71. The van der Waals surface area contributed by atoms with E-state index in [0.717, 1.165) is 49.7 Å². The van der Waals surface area contributed by atoms with E-state index < -0.39 is 71.9 Å². The molecule has 0 saturated heterocycles. The maximum absolute atomic E-state index is 9.46. The van der Waals surface area contributed by atoms with Crippen molar-refractivity contribution in [3.05, 3.63) is 163 Å². The molecule has 1 heterocycles. The maximum atomic E-state index is 9.46. The van der Waals surface area contributed by atoms with Gasteiger partial charge in [-0.2, -0.15) is 0 Å². The Morgan fingerprint density at radius 2 is 1.26 bits per heavy atom. The van der Waals surface area contributed by atoms with E-state index in [0.29, 0.717) is 5.56 Å². The Labute approximate surface area is 283 Å². The topological polar surface area (TPSA) is 4.93 Å². The highest BCUT2D eigenvalue weighted by Gasteiger charge is 2.37. The number of para-hydroxylation sites is 2. The van der Waals surface area contributed by atoms with Gasteiger partial charge in [0.2, 0.25) is 0 Å². The number of rotatable bonds is 2. The molecule has 0 spiro atoms. The molecule has 1 nitrogen and oxygen atoms in total. The number of aromatic nitrogens is 1. The molecule has 1 aliphatic carbocycles. The summed E-state index contributed by atoms with van der Waals surface area (Å²) in [6.07, 6.45) is 0. The third-order valence-electron chi connectivity index (χ3n) is 9.71. The van der Waals surface area contributed by atoms with Crippen molar-refractivity contribution in [2.45, 2.75) is 19.3 Å². The summed E-state index contributed by atoms with van der Waals surface area (Å²) < 4.78 is 100. The Kier molecular flexibility index (Phi) is 3.42. The minimum atomic E-state index is -0.573. The molecular formula is C45H31N. The number of hydrogen-bond donors (Lipinski definition) is 0. The fraction of sp³-hybridized carbons (Fsp3) is 0.0667. The van der Waals surface area contributed by atoms with Crippen LogP contribution in [0.1, 0.15) is 40.1 Å². The molecule has 10 rings (SSSR count). The SMILES string of the molecule is [2H]c1c([2H])c([2H])c2c([2H])c3c(c([2H])c([2H])c4c([2H])c([2H])c([2H])c([2H])c43)c(-c3ccc4c(c3)C(C)(C)c3cc5c(cc3-4)c3ccccc3n5-c3ccccc3)c2c1[2H]. The van der Waals surface area contributed by atoms with E-state index in [9.17, 15) is 2.74 Å². The summed E-state index contributed by atoms with van der Waals surface area (Å²) in [5.74, 6) is 0. The second-order valence-electron chi connectivity index (χ2n) is 12.5.